The standard InChI is InChI=1S/C25H30N4O3S2/c1-18-6-8-21(9-7-18)17-29-20(3)23(19(2)26-29)10-11-24(30)28-14-12-22(13-15-28)27-34(31,32)25-5-4-16-33-25/h4-11,16,22,27H,12-15,17H2,1-3H3/b11-10+. The molecular formula is C25H30N4O3S2. The lowest BCUT2D eigenvalue weighted by Crippen LogP contribution is -2.46. The Bertz CT molecular complexity index is 1270. The number of sulfonamides is 1. The van der Waals surface area contributed by atoms with E-state index in [2.05, 4.69) is 41.0 Å². The molecular weight excluding hydrogens is 468 g/mol. The number of piperidine rings is 1. The van der Waals surface area contributed by atoms with Gasteiger partial charge in [-0.25, -0.2) is 13.1 Å². The molecule has 0 saturated carbocycles. The van der Waals surface area contributed by atoms with Crippen LogP contribution < -0.4 is 4.72 Å². The van der Waals surface area contributed by atoms with Crippen LogP contribution in [0.1, 0.15) is 40.9 Å². The van der Waals surface area contributed by atoms with Gasteiger partial charge in [0.05, 0.1) is 12.2 Å². The van der Waals surface area contributed by atoms with Crippen molar-refractivity contribution in [1.82, 2.24) is 19.4 Å². The monoisotopic (exact) mass is 498 g/mol. The molecule has 3 aromatic rings. The maximum Gasteiger partial charge on any atom is 0.250 e. The summed E-state index contributed by atoms with van der Waals surface area (Å²) in [5.41, 5.74) is 5.27. The minimum Gasteiger partial charge on any atom is -0.339 e. The Balaban J connectivity index is 1.34. The highest BCUT2D eigenvalue weighted by Gasteiger charge is 2.26. The molecule has 2 aromatic heterocycles. The number of amides is 1. The van der Waals surface area contributed by atoms with Crippen LogP contribution in [0.4, 0.5) is 0 Å². The molecule has 0 spiro atoms. The van der Waals surface area contributed by atoms with E-state index in [1.165, 1.54) is 22.5 Å². The molecule has 1 N–H and O–H groups in total. The minimum atomic E-state index is -3.49. The highest BCUT2D eigenvalue weighted by atomic mass is 32.2. The Morgan fingerprint density at radius 2 is 1.85 bits per heavy atom. The van der Waals surface area contributed by atoms with E-state index < -0.39 is 10.0 Å². The zero-order chi connectivity index (χ0) is 24.3. The summed E-state index contributed by atoms with van der Waals surface area (Å²) in [7, 11) is -3.49. The van der Waals surface area contributed by atoms with Gasteiger partial charge in [0, 0.05) is 36.5 Å². The Morgan fingerprint density at radius 1 is 1.15 bits per heavy atom. The van der Waals surface area contributed by atoms with Crippen LogP contribution in [0, 0.1) is 20.8 Å². The molecule has 0 bridgehead atoms. The van der Waals surface area contributed by atoms with E-state index in [4.69, 9.17) is 0 Å². The first kappa shape index (κ1) is 24.4. The molecule has 4 rings (SSSR count). The van der Waals surface area contributed by atoms with Crippen LogP contribution in [0.5, 0.6) is 0 Å². The number of benzene rings is 1. The SMILES string of the molecule is Cc1ccc(Cn2nc(C)c(/C=C/C(=O)N3CCC(NS(=O)(=O)c4cccs4)CC3)c2C)cc1. The lowest BCUT2D eigenvalue weighted by atomic mass is 10.1. The van der Waals surface area contributed by atoms with Crippen LogP contribution in [0.25, 0.3) is 6.08 Å². The quantitative estimate of drug-likeness (QED) is 0.501. The number of nitrogens with zero attached hydrogens (tertiary/aromatic N) is 3. The van der Waals surface area contributed by atoms with Crippen molar-refractivity contribution in [3.8, 4) is 0 Å². The molecule has 1 aliphatic heterocycles. The topological polar surface area (TPSA) is 84.3 Å². The average molecular weight is 499 g/mol. The number of rotatable bonds is 7. The predicted octanol–water partition coefficient (Wildman–Crippen LogP) is 3.90. The number of aromatic nitrogens is 2. The molecule has 1 amide bonds. The largest absolute Gasteiger partial charge is 0.339 e. The molecule has 0 aliphatic carbocycles. The van der Waals surface area contributed by atoms with Crippen LogP contribution in [-0.2, 0) is 21.4 Å². The van der Waals surface area contributed by atoms with Gasteiger partial charge in [0.1, 0.15) is 4.21 Å². The smallest absolute Gasteiger partial charge is 0.250 e. The lowest BCUT2D eigenvalue weighted by molar-refractivity contribution is -0.126. The van der Waals surface area contributed by atoms with Crippen molar-refractivity contribution in [1.29, 1.82) is 0 Å². The van der Waals surface area contributed by atoms with Gasteiger partial charge < -0.3 is 4.90 Å². The van der Waals surface area contributed by atoms with Gasteiger partial charge in [0.25, 0.3) is 0 Å². The number of hydrogen-bond acceptors (Lipinski definition) is 5. The zero-order valence-electron chi connectivity index (χ0n) is 19.7. The fraction of sp³-hybridized carbons (Fsp3) is 0.360. The third kappa shape index (κ3) is 5.65. The summed E-state index contributed by atoms with van der Waals surface area (Å²) in [4.78, 5) is 14.5. The van der Waals surface area contributed by atoms with Crippen LogP contribution >= 0.6 is 11.3 Å². The summed E-state index contributed by atoms with van der Waals surface area (Å²) in [5, 5.41) is 6.41. The fourth-order valence-corrected chi connectivity index (χ4v) is 6.46. The van der Waals surface area contributed by atoms with Crippen molar-refractivity contribution in [2.45, 2.75) is 50.4 Å². The Kier molecular flexibility index (Phi) is 7.35. The highest BCUT2D eigenvalue weighted by molar-refractivity contribution is 7.91. The molecule has 1 saturated heterocycles. The van der Waals surface area contributed by atoms with Gasteiger partial charge in [-0.2, -0.15) is 5.10 Å². The Hall–Kier alpha value is -2.75. The van der Waals surface area contributed by atoms with Gasteiger partial charge in [-0.3, -0.25) is 9.48 Å². The van der Waals surface area contributed by atoms with E-state index in [9.17, 15) is 13.2 Å². The lowest BCUT2D eigenvalue weighted by Gasteiger charge is -2.31. The molecule has 3 heterocycles. The number of hydrogen-bond donors (Lipinski definition) is 1. The summed E-state index contributed by atoms with van der Waals surface area (Å²) in [6.07, 6.45) is 4.63. The van der Waals surface area contributed by atoms with E-state index in [-0.39, 0.29) is 11.9 Å². The van der Waals surface area contributed by atoms with Crippen molar-refractivity contribution in [3.63, 3.8) is 0 Å². The van der Waals surface area contributed by atoms with Gasteiger partial charge in [-0.05, 0) is 56.7 Å². The molecule has 0 atom stereocenters. The first-order valence-corrected chi connectivity index (χ1v) is 13.7. The van der Waals surface area contributed by atoms with Crippen molar-refractivity contribution in [2.75, 3.05) is 13.1 Å². The highest BCUT2D eigenvalue weighted by Crippen LogP contribution is 2.20. The molecule has 9 heteroatoms. The second-order valence-electron chi connectivity index (χ2n) is 8.71. The average Bonchev–Trinajstić information content (AvgIpc) is 3.44. The van der Waals surface area contributed by atoms with Gasteiger partial charge in [0.15, 0.2) is 0 Å². The van der Waals surface area contributed by atoms with Crippen LogP contribution in [-0.4, -0.2) is 48.1 Å². The Labute approximate surface area is 205 Å². The van der Waals surface area contributed by atoms with E-state index >= 15 is 0 Å². The van der Waals surface area contributed by atoms with Crippen LogP contribution in [0.15, 0.2) is 52.1 Å². The number of nitrogens with one attached hydrogen (secondary N) is 1. The third-order valence-electron chi connectivity index (χ3n) is 6.17. The predicted molar refractivity (Wildman–Crippen MR) is 135 cm³/mol. The van der Waals surface area contributed by atoms with Crippen molar-refractivity contribution < 1.29 is 13.2 Å². The van der Waals surface area contributed by atoms with Crippen molar-refractivity contribution in [2.24, 2.45) is 0 Å². The van der Waals surface area contributed by atoms with Crippen LogP contribution in [0.3, 0.4) is 0 Å². The summed E-state index contributed by atoms with van der Waals surface area (Å²) in [6, 6.07) is 11.6. The van der Waals surface area contributed by atoms with Gasteiger partial charge in [-0.15, -0.1) is 11.3 Å². The fourth-order valence-electron chi connectivity index (χ4n) is 4.14. The van der Waals surface area contributed by atoms with Gasteiger partial charge in [0.2, 0.25) is 15.9 Å². The molecule has 0 radical (unpaired) electrons. The molecule has 180 valence electrons. The second kappa shape index (κ2) is 10.2. The molecule has 7 nitrogen and oxygen atoms in total. The van der Waals surface area contributed by atoms with E-state index in [0.29, 0.717) is 36.7 Å². The Morgan fingerprint density at radius 3 is 2.50 bits per heavy atom. The first-order valence-electron chi connectivity index (χ1n) is 11.4. The minimum absolute atomic E-state index is 0.0651. The number of likely N-dealkylation sites (tertiary alicyclic amines) is 1. The summed E-state index contributed by atoms with van der Waals surface area (Å²) < 4.78 is 29.9. The number of carbonyl (C=O) groups excluding carboxylic acids is 1. The first-order chi connectivity index (χ1) is 16.2. The maximum absolute atomic E-state index is 12.8. The molecule has 1 fully saturated rings. The molecule has 0 unspecified atom stereocenters. The van der Waals surface area contributed by atoms with Crippen molar-refractivity contribution in [3.05, 3.63) is 75.9 Å². The summed E-state index contributed by atoms with van der Waals surface area (Å²) in [6.45, 7) is 7.76. The van der Waals surface area contributed by atoms with Gasteiger partial charge >= 0.3 is 0 Å². The number of aryl methyl sites for hydroxylation is 2. The third-order valence-corrected chi connectivity index (χ3v) is 9.09. The number of thiophene rings is 1. The van der Waals surface area contributed by atoms with Crippen LogP contribution in [0.2, 0.25) is 0 Å². The van der Waals surface area contributed by atoms with E-state index in [0.717, 1.165) is 17.0 Å². The van der Waals surface area contributed by atoms with E-state index in [1.807, 2.05) is 24.6 Å². The molecule has 1 aromatic carbocycles. The van der Waals surface area contributed by atoms with Crippen molar-refractivity contribution >= 4 is 33.3 Å². The molecule has 1 aliphatic rings. The summed E-state index contributed by atoms with van der Waals surface area (Å²) >= 11 is 1.20. The number of carbonyl (C=O) groups is 1. The van der Waals surface area contributed by atoms with E-state index in [1.54, 1.807) is 28.5 Å². The second-order valence-corrected chi connectivity index (χ2v) is 11.6. The maximum atomic E-state index is 12.8. The summed E-state index contributed by atoms with van der Waals surface area (Å²) in [5.74, 6) is -0.0651. The van der Waals surface area contributed by atoms with Gasteiger partial charge in [-0.1, -0.05) is 35.9 Å². The molecule has 34 heavy (non-hydrogen) atoms. The zero-order valence-corrected chi connectivity index (χ0v) is 21.3. The normalized spacial score (nSPS) is 15.3.